The summed E-state index contributed by atoms with van der Waals surface area (Å²) in [6.07, 6.45) is 5.63. The second-order valence-electron chi connectivity index (χ2n) is 6.70. The predicted octanol–water partition coefficient (Wildman–Crippen LogP) is 4.84. The summed E-state index contributed by atoms with van der Waals surface area (Å²) in [5, 5.41) is 0. The molecule has 1 aromatic carbocycles. The molecule has 4 heteroatoms. The molecule has 122 valence electrons. The van der Waals surface area contributed by atoms with Gasteiger partial charge in [0.25, 0.3) is 5.95 Å². The fourth-order valence-electron chi connectivity index (χ4n) is 2.85. The Kier molecular flexibility index (Phi) is 5.56. The van der Waals surface area contributed by atoms with E-state index in [2.05, 4.69) is 37.8 Å². The van der Waals surface area contributed by atoms with Crippen molar-refractivity contribution >= 4 is 8.32 Å². The van der Waals surface area contributed by atoms with Crippen LogP contribution in [-0.2, 0) is 15.6 Å². The minimum atomic E-state index is -1.66. The number of ether oxygens (including phenoxy) is 2. The van der Waals surface area contributed by atoms with E-state index < -0.39 is 8.32 Å². The molecule has 0 radical (unpaired) electrons. The molecule has 0 aromatic heterocycles. The van der Waals surface area contributed by atoms with Crippen LogP contribution in [0.15, 0.2) is 30.2 Å². The highest BCUT2D eigenvalue weighted by atomic mass is 28.4. The van der Waals surface area contributed by atoms with Gasteiger partial charge in [0.05, 0.1) is 13.7 Å². The van der Waals surface area contributed by atoms with Crippen LogP contribution < -0.4 is 4.74 Å². The molecule has 0 fully saturated rings. The average molecular weight is 321 g/mol. The van der Waals surface area contributed by atoms with E-state index in [1.807, 2.05) is 13.0 Å². The first-order chi connectivity index (χ1) is 10.4. The molecule has 2 rings (SSSR count). The molecule has 1 aliphatic rings. The van der Waals surface area contributed by atoms with Crippen LogP contribution in [-0.4, -0.2) is 22.0 Å². The number of benzene rings is 1. The molecule has 0 heterocycles. The first-order valence-electron chi connectivity index (χ1n) is 8.13. The lowest BCUT2D eigenvalue weighted by molar-refractivity contribution is 0.110. The molecule has 0 saturated carbocycles. The third-order valence-electron chi connectivity index (χ3n) is 3.74. The summed E-state index contributed by atoms with van der Waals surface area (Å²) < 4.78 is 17.2. The highest BCUT2D eigenvalue weighted by Gasteiger charge is 2.23. The normalized spacial score (nSPS) is 18.6. The van der Waals surface area contributed by atoms with E-state index in [9.17, 15) is 0 Å². The van der Waals surface area contributed by atoms with E-state index in [-0.39, 0.29) is 0 Å². The molecular weight excluding hydrogens is 292 g/mol. The van der Waals surface area contributed by atoms with E-state index in [0.29, 0.717) is 18.5 Å². The first-order valence-corrected chi connectivity index (χ1v) is 11.5. The zero-order chi connectivity index (χ0) is 16.2. The van der Waals surface area contributed by atoms with Crippen molar-refractivity contribution in [3.05, 3.63) is 41.3 Å². The summed E-state index contributed by atoms with van der Waals surface area (Å²) in [5.74, 6) is 2.01. The van der Waals surface area contributed by atoms with Gasteiger partial charge in [0, 0.05) is 12.0 Å². The van der Waals surface area contributed by atoms with E-state index in [4.69, 9.17) is 13.9 Å². The van der Waals surface area contributed by atoms with Crippen molar-refractivity contribution in [1.82, 2.24) is 0 Å². The number of hydrogen-bond donors (Lipinski definition) is 0. The van der Waals surface area contributed by atoms with Crippen molar-refractivity contribution in [2.45, 2.75) is 51.7 Å². The highest BCUT2D eigenvalue weighted by Crippen LogP contribution is 2.35. The highest BCUT2D eigenvalue weighted by molar-refractivity contribution is 6.70. The molecule has 22 heavy (non-hydrogen) atoms. The monoisotopic (exact) mass is 320 g/mol. The summed E-state index contributed by atoms with van der Waals surface area (Å²) in [6.45, 7) is 9.18. The molecule has 1 aromatic rings. The Bertz CT molecular complexity index is 532. The third-order valence-corrected chi connectivity index (χ3v) is 4.56. The van der Waals surface area contributed by atoms with Crippen LogP contribution in [0, 0.1) is 0 Å². The van der Waals surface area contributed by atoms with Crippen molar-refractivity contribution in [2.24, 2.45) is 0 Å². The van der Waals surface area contributed by atoms with Gasteiger partial charge >= 0.3 is 0 Å². The second kappa shape index (κ2) is 7.23. The molecule has 0 amide bonds. The Labute approximate surface area is 135 Å². The molecule has 0 unspecified atom stereocenters. The first kappa shape index (κ1) is 16.9. The Morgan fingerprint density at radius 2 is 2.09 bits per heavy atom. The fourth-order valence-corrected chi connectivity index (χ4v) is 3.58. The smallest absolute Gasteiger partial charge is 0.261 e. The van der Waals surface area contributed by atoms with Crippen LogP contribution in [0.25, 0.3) is 0 Å². The number of allylic oxidation sites excluding steroid dienone is 1. The summed E-state index contributed by atoms with van der Waals surface area (Å²) in [6, 6.07) is 6.40. The lowest BCUT2D eigenvalue weighted by Crippen LogP contribution is -2.26. The zero-order valence-corrected chi connectivity index (χ0v) is 15.4. The number of rotatable bonds is 6. The Morgan fingerprint density at radius 3 is 2.73 bits per heavy atom. The van der Waals surface area contributed by atoms with Gasteiger partial charge in [-0.05, 0) is 69.1 Å². The van der Waals surface area contributed by atoms with Gasteiger partial charge in [0.15, 0.2) is 0 Å². The quantitative estimate of drug-likeness (QED) is 0.554. The van der Waals surface area contributed by atoms with Gasteiger partial charge in [0.1, 0.15) is 5.75 Å². The summed E-state index contributed by atoms with van der Waals surface area (Å²) in [4.78, 5) is 0. The minimum Gasteiger partial charge on any atom is -0.520 e. The van der Waals surface area contributed by atoms with Gasteiger partial charge in [0.2, 0.25) is 8.32 Å². The number of hydrogen-bond acceptors (Lipinski definition) is 3. The van der Waals surface area contributed by atoms with Gasteiger partial charge in [-0.3, -0.25) is 0 Å². The molecular formula is C18H28O3Si. The summed E-state index contributed by atoms with van der Waals surface area (Å²) >= 11 is 0. The van der Waals surface area contributed by atoms with Gasteiger partial charge in [-0.1, -0.05) is 6.07 Å². The van der Waals surface area contributed by atoms with E-state index >= 15 is 0 Å². The Morgan fingerprint density at radius 1 is 1.32 bits per heavy atom. The minimum absolute atomic E-state index is 0.368. The second-order valence-corrected chi connectivity index (χ2v) is 11.1. The van der Waals surface area contributed by atoms with Crippen LogP contribution in [0.4, 0.5) is 0 Å². The van der Waals surface area contributed by atoms with Crippen molar-refractivity contribution < 1.29 is 13.9 Å². The van der Waals surface area contributed by atoms with Gasteiger partial charge in [-0.25, -0.2) is 0 Å². The maximum atomic E-state index is 6.09. The fraction of sp³-hybridized carbons (Fsp3) is 0.556. The van der Waals surface area contributed by atoms with Gasteiger partial charge in [-0.15, -0.1) is 0 Å². The standard InChI is InChI=1S/C18H28O3Si/c1-6-20-18(21-22(3,4)5)13-15-9-7-8-14-12-16(19-2)10-11-17(14)15/h10-13,15H,6-9H2,1-5H3/t15-/m0/s1. The lowest BCUT2D eigenvalue weighted by Gasteiger charge is -2.26. The predicted molar refractivity (Wildman–Crippen MR) is 92.8 cm³/mol. The molecule has 0 bridgehead atoms. The number of methoxy groups -OCH3 is 1. The topological polar surface area (TPSA) is 27.7 Å². The van der Waals surface area contributed by atoms with Crippen LogP contribution >= 0.6 is 0 Å². The Balaban J connectivity index is 2.27. The molecule has 0 saturated heterocycles. The molecule has 0 spiro atoms. The Hall–Kier alpha value is -1.42. The van der Waals surface area contributed by atoms with E-state index in [1.165, 1.54) is 17.5 Å². The molecule has 0 N–H and O–H groups in total. The molecule has 1 aliphatic carbocycles. The zero-order valence-electron chi connectivity index (χ0n) is 14.4. The van der Waals surface area contributed by atoms with Gasteiger partial charge < -0.3 is 13.9 Å². The van der Waals surface area contributed by atoms with E-state index in [1.54, 1.807) is 7.11 Å². The molecule has 3 nitrogen and oxygen atoms in total. The molecule has 1 atom stereocenters. The van der Waals surface area contributed by atoms with Crippen LogP contribution in [0.1, 0.15) is 36.8 Å². The third kappa shape index (κ3) is 4.53. The van der Waals surface area contributed by atoms with Crippen LogP contribution in [0.5, 0.6) is 5.75 Å². The van der Waals surface area contributed by atoms with Gasteiger partial charge in [-0.2, -0.15) is 0 Å². The van der Waals surface area contributed by atoms with Crippen LogP contribution in [0.2, 0.25) is 19.6 Å². The number of aryl methyl sites for hydroxylation is 1. The van der Waals surface area contributed by atoms with Crippen molar-refractivity contribution in [2.75, 3.05) is 13.7 Å². The largest absolute Gasteiger partial charge is 0.520 e. The summed E-state index contributed by atoms with van der Waals surface area (Å²) in [5.41, 5.74) is 2.76. The maximum Gasteiger partial charge on any atom is 0.261 e. The molecule has 0 aliphatic heterocycles. The van der Waals surface area contributed by atoms with E-state index in [0.717, 1.165) is 18.6 Å². The van der Waals surface area contributed by atoms with Crippen molar-refractivity contribution in [3.8, 4) is 5.75 Å². The lowest BCUT2D eigenvalue weighted by atomic mass is 9.82. The van der Waals surface area contributed by atoms with Crippen LogP contribution in [0.3, 0.4) is 0 Å². The van der Waals surface area contributed by atoms with Crippen molar-refractivity contribution in [3.63, 3.8) is 0 Å². The summed E-state index contributed by atoms with van der Waals surface area (Å²) in [7, 11) is 0.0575. The maximum absolute atomic E-state index is 6.09. The number of fused-ring (bicyclic) bond motifs is 1. The van der Waals surface area contributed by atoms with Crippen molar-refractivity contribution in [1.29, 1.82) is 0 Å². The SMILES string of the molecule is CCOC(=C[C@@H]1CCCc2cc(OC)ccc21)O[Si](C)(C)C. The average Bonchev–Trinajstić information content (AvgIpc) is 2.45.